The van der Waals surface area contributed by atoms with Crippen LogP contribution in [0.3, 0.4) is 0 Å². The Morgan fingerprint density at radius 3 is 2.30 bits per heavy atom. The maximum Gasteiger partial charge on any atom is 0.337 e. The number of ether oxygens (including phenoxy) is 2. The fourth-order valence-corrected chi connectivity index (χ4v) is 1.83. The number of hydrogen-bond donors (Lipinski definition) is 0. The second-order valence-electron chi connectivity index (χ2n) is 4.72. The molecule has 0 heterocycles. The molecule has 0 radical (unpaired) electrons. The van der Waals surface area contributed by atoms with Crippen LogP contribution in [0.25, 0.3) is 0 Å². The van der Waals surface area contributed by atoms with Crippen LogP contribution in [0.1, 0.15) is 27.0 Å². The minimum absolute atomic E-state index is 0.327. The number of rotatable bonds is 4. The summed E-state index contributed by atoms with van der Waals surface area (Å²) in [6.07, 6.45) is 0. The number of carbonyl (C=O) groups excluding carboxylic acids is 1. The zero-order chi connectivity index (χ0) is 14.5. The maximum absolute atomic E-state index is 11.3. The molecule has 2 rings (SSSR count). The van der Waals surface area contributed by atoms with E-state index in [1.54, 1.807) is 12.1 Å². The van der Waals surface area contributed by atoms with Crippen LogP contribution in [0, 0.1) is 13.8 Å². The molecule has 0 aliphatic carbocycles. The molecule has 0 saturated carbocycles. The molecule has 3 heteroatoms. The van der Waals surface area contributed by atoms with Crippen LogP contribution < -0.4 is 4.74 Å². The van der Waals surface area contributed by atoms with Crippen LogP contribution in [-0.4, -0.2) is 13.1 Å². The van der Waals surface area contributed by atoms with E-state index in [1.165, 1.54) is 18.2 Å². The van der Waals surface area contributed by atoms with Crippen LogP contribution in [0.5, 0.6) is 5.75 Å². The van der Waals surface area contributed by atoms with E-state index in [9.17, 15) is 4.79 Å². The van der Waals surface area contributed by atoms with Gasteiger partial charge in [-0.2, -0.15) is 0 Å². The summed E-state index contributed by atoms with van der Waals surface area (Å²) in [5, 5.41) is 0. The van der Waals surface area contributed by atoms with Crippen molar-refractivity contribution in [3.63, 3.8) is 0 Å². The van der Waals surface area contributed by atoms with Crippen molar-refractivity contribution in [2.75, 3.05) is 7.11 Å². The van der Waals surface area contributed by atoms with Gasteiger partial charge < -0.3 is 9.47 Å². The molecule has 0 unspecified atom stereocenters. The molecule has 3 nitrogen and oxygen atoms in total. The quantitative estimate of drug-likeness (QED) is 0.795. The Morgan fingerprint density at radius 2 is 1.70 bits per heavy atom. The Morgan fingerprint density at radius 1 is 1.00 bits per heavy atom. The van der Waals surface area contributed by atoms with Crippen molar-refractivity contribution in [3.8, 4) is 5.75 Å². The first-order valence-corrected chi connectivity index (χ1v) is 6.47. The van der Waals surface area contributed by atoms with Crippen LogP contribution in [0.4, 0.5) is 0 Å². The van der Waals surface area contributed by atoms with Crippen molar-refractivity contribution < 1.29 is 14.3 Å². The molecule has 2 aromatic carbocycles. The molecule has 0 aliphatic heterocycles. The van der Waals surface area contributed by atoms with E-state index in [1.807, 2.05) is 30.3 Å². The van der Waals surface area contributed by atoms with Gasteiger partial charge in [-0.25, -0.2) is 4.79 Å². The molecule has 0 aromatic heterocycles. The summed E-state index contributed by atoms with van der Waals surface area (Å²) in [6, 6.07) is 13.3. The van der Waals surface area contributed by atoms with E-state index in [0.29, 0.717) is 12.2 Å². The molecule has 0 spiro atoms. The standard InChI is InChI=1S/C17H18O3/c1-12-4-9-16(10-13(12)2)20-11-14-5-7-15(8-6-14)17(18)19-3/h4-10H,11H2,1-3H3. The highest BCUT2D eigenvalue weighted by Crippen LogP contribution is 2.18. The highest BCUT2D eigenvalue weighted by atomic mass is 16.5. The number of aryl methyl sites for hydroxylation is 2. The average Bonchev–Trinajstić information content (AvgIpc) is 2.48. The summed E-state index contributed by atoms with van der Waals surface area (Å²) in [5.41, 5.74) is 4.02. The van der Waals surface area contributed by atoms with Gasteiger partial charge in [0.05, 0.1) is 12.7 Å². The molecule has 0 saturated heterocycles. The Kier molecular flexibility index (Phi) is 4.41. The van der Waals surface area contributed by atoms with E-state index >= 15 is 0 Å². The highest BCUT2D eigenvalue weighted by molar-refractivity contribution is 5.89. The first kappa shape index (κ1) is 14.1. The van der Waals surface area contributed by atoms with Crippen LogP contribution in [0.15, 0.2) is 42.5 Å². The summed E-state index contributed by atoms with van der Waals surface area (Å²) in [5.74, 6) is 0.525. The van der Waals surface area contributed by atoms with E-state index in [0.717, 1.165) is 11.3 Å². The second kappa shape index (κ2) is 6.24. The van der Waals surface area contributed by atoms with Gasteiger partial charge in [0.2, 0.25) is 0 Å². The molecular formula is C17H18O3. The number of esters is 1. The SMILES string of the molecule is COC(=O)c1ccc(COc2ccc(C)c(C)c2)cc1. The van der Waals surface area contributed by atoms with Gasteiger partial charge >= 0.3 is 5.97 Å². The topological polar surface area (TPSA) is 35.5 Å². The molecule has 2 aromatic rings. The number of carbonyl (C=O) groups is 1. The summed E-state index contributed by atoms with van der Waals surface area (Å²) >= 11 is 0. The number of hydrogen-bond acceptors (Lipinski definition) is 3. The highest BCUT2D eigenvalue weighted by Gasteiger charge is 2.04. The van der Waals surface area contributed by atoms with Crippen molar-refractivity contribution in [2.24, 2.45) is 0 Å². The van der Waals surface area contributed by atoms with Crippen molar-refractivity contribution in [3.05, 3.63) is 64.7 Å². The fourth-order valence-electron chi connectivity index (χ4n) is 1.83. The van der Waals surface area contributed by atoms with Crippen molar-refractivity contribution in [1.82, 2.24) is 0 Å². The molecule has 0 N–H and O–H groups in total. The van der Waals surface area contributed by atoms with Crippen LogP contribution in [0.2, 0.25) is 0 Å². The van der Waals surface area contributed by atoms with Gasteiger partial charge in [0, 0.05) is 0 Å². The second-order valence-corrected chi connectivity index (χ2v) is 4.72. The van der Waals surface area contributed by atoms with Gasteiger partial charge in [-0.3, -0.25) is 0 Å². The van der Waals surface area contributed by atoms with Crippen molar-refractivity contribution >= 4 is 5.97 Å². The van der Waals surface area contributed by atoms with E-state index < -0.39 is 0 Å². The molecule has 0 bridgehead atoms. The third-order valence-electron chi connectivity index (χ3n) is 3.26. The predicted octanol–water partition coefficient (Wildman–Crippen LogP) is 3.67. The zero-order valence-corrected chi connectivity index (χ0v) is 12.0. The van der Waals surface area contributed by atoms with Gasteiger partial charge in [0.15, 0.2) is 0 Å². The zero-order valence-electron chi connectivity index (χ0n) is 12.0. The lowest BCUT2D eigenvalue weighted by Gasteiger charge is -2.09. The first-order chi connectivity index (χ1) is 9.60. The monoisotopic (exact) mass is 270 g/mol. The first-order valence-electron chi connectivity index (χ1n) is 6.47. The van der Waals surface area contributed by atoms with Crippen molar-refractivity contribution in [2.45, 2.75) is 20.5 Å². The predicted molar refractivity (Wildman–Crippen MR) is 78.0 cm³/mol. The lowest BCUT2D eigenvalue weighted by atomic mass is 10.1. The molecule has 0 atom stereocenters. The van der Waals surface area contributed by atoms with E-state index in [2.05, 4.69) is 18.6 Å². The van der Waals surface area contributed by atoms with Gasteiger partial charge in [0.1, 0.15) is 12.4 Å². The molecule has 0 fully saturated rings. The molecule has 0 aliphatic rings. The molecular weight excluding hydrogens is 252 g/mol. The average molecular weight is 270 g/mol. The van der Waals surface area contributed by atoms with Gasteiger partial charge in [-0.1, -0.05) is 18.2 Å². The minimum Gasteiger partial charge on any atom is -0.489 e. The minimum atomic E-state index is -0.327. The number of benzene rings is 2. The van der Waals surface area contributed by atoms with Gasteiger partial charge in [0.25, 0.3) is 0 Å². The van der Waals surface area contributed by atoms with Crippen LogP contribution >= 0.6 is 0 Å². The third kappa shape index (κ3) is 3.38. The van der Waals surface area contributed by atoms with Crippen LogP contribution in [-0.2, 0) is 11.3 Å². The van der Waals surface area contributed by atoms with E-state index in [-0.39, 0.29) is 5.97 Å². The Hall–Kier alpha value is -2.29. The largest absolute Gasteiger partial charge is 0.489 e. The normalized spacial score (nSPS) is 10.2. The third-order valence-corrected chi connectivity index (χ3v) is 3.26. The Balaban J connectivity index is 2.00. The smallest absolute Gasteiger partial charge is 0.337 e. The summed E-state index contributed by atoms with van der Waals surface area (Å²) < 4.78 is 10.4. The Bertz CT molecular complexity index is 600. The Labute approximate surface area is 119 Å². The molecule has 0 amide bonds. The maximum atomic E-state index is 11.3. The summed E-state index contributed by atoms with van der Waals surface area (Å²) in [4.78, 5) is 11.3. The summed E-state index contributed by atoms with van der Waals surface area (Å²) in [7, 11) is 1.37. The van der Waals surface area contributed by atoms with Gasteiger partial charge in [-0.05, 0) is 54.8 Å². The fraction of sp³-hybridized carbons (Fsp3) is 0.235. The van der Waals surface area contributed by atoms with E-state index in [4.69, 9.17) is 4.74 Å². The lowest BCUT2D eigenvalue weighted by molar-refractivity contribution is 0.0600. The molecule has 104 valence electrons. The van der Waals surface area contributed by atoms with Crippen molar-refractivity contribution in [1.29, 1.82) is 0 Å². The summed E-state index contributed by atoms with van der Waals surface area (Å²) in [6.45, 7) is 4.61. The molecule has 20 heavy (non-hydrogen) atoms. The lowest BCUT2D eigenvalue weighted by Crippen LogP contribution is -2.02. The number of methoxy groups -OCH3 is 1. The van der Waals surface area contributed by atoms with Gasteiger partial charge in [-0.15, -0.1) is 0 Å².